The largest absolute Gasteiger partial charge is 0.368 e. The van der Waals surface area contributed by atoms with Crippen LogP contribution in [0.25, 0.3) is 11.8 Å². The first-order chi connectivity index (χ1) is 20.5. The molecule has 1 saturated carbocycles. The van der Waals surface area contributed by atoms with E-state index in [2.05, 4.69) is 35.7 Å². The van der Waals surface area contributed by atoms with Gasteiger partial charge in [-0.1, -0.05) is 43.6 Å². The minimum Gasteiger partial charge on any atom is -0.368 e. The Hall–Kier alpha value is -4.51. The molecule has 7 rings (SSSR count). The molecule has 0 amide bonds. The highest BCUT2D eigenvalue weighted by atomic mass is 19.1. The molecule has 1 aromatic heterocycles. The molecule has 216 valence electrons. The summed E-state index contributed by atoms with van der Waals surface area (Å²) in [6.45, 7) is 3.58. The standard InChI is InChI=1S/C31H33F2N9/c32-22-10-9-20-5-4-6-21-17-28(37-38-29(21)25(20)18-22)42-30(34)36-31(39-42)35-23-11-12-27(26(33)19-23)41-15-13-40(14-16-41)24-7-2-1-3-8-24/h4-6,9-12,17-19,24,38H,1-3,7-8,13-16H2,(H3,34,35,36,39). The van der Waals surface area contributed by atoms with Crippen LogP contribution in [0.1, 0.15) is 32.1 Å². The van der Waals surface area contributed by atoms with Crippen molar-refractivity contribution in [3.05, 3.63) is 82.3 Å². The van der Waals surface area contributed by atoms with E-state index < -0.39 is 0 Å². The predicted octanol–water partition coefficient (Wildman–Crippen LogP) is 3.19. The Balaban J connectivity index is 1.05. The predicted molar refractivity (Wildman–Crippen MR) is 161 cm³/mol. The molecule has 0 spiro atoms. The summed E-state index contributed by atoms with van der Waals surface area (Å²) in [7, 11) is 0. The number of nitrogens with one attached hydrogen (secondary N) is 2. The van der Waals surface area contributed by atoms with Gasteiger partial charge in [-0.05, 0) is 54.5 Å². The van der Waals surface area contributed by atoms with Crippen molar-refractivity contribution < 1.29 is 8.78 Å². The molecule has 4 N–H and O–H groups in total. The van der Waals surface area contributed by atoms with Crippen LogP contribution in [-0.4, -0.2) is 57.7 Å². The first kappa shape index (κ1) is 26.4. The van der Waals surface area contributed by atoms with Crippen LogP contribution in [0, 0.1) is 11.6 Å². The molecule has 0 bridgehead atoms. The van der Waals surface area contributed by atoms with Crippen molar-refractivity contribution in [3.8, 4) is 0 Å². The third-order valence-corrected chi connectivity index (χ3v) is 8.49. The summed E-state index contributed by atoms with van der Waals surface area (Å²) in [5.41, 5.74) is 11.8. The van der Waals surface area contributed by atoms with Crippen molar-refractivity contribution in [1.29, 1.82) is 0 Å². The van der Waals surface area contributed by atoms with Crippen LogP contribution in [0.15, 0.2) is 65.3 Å². The molecular formula is C31H33F2N9. The van der Waals surface area contributed by atoms with E-state index in [9.17, 15) is 4.39 Å². The molecule has 0 radical (unpaired) electrons. The monoisotopic (exact) mass is 569 g/mol. The molecule has 4 aliphatic rings. The maximum absolute atomic E-state index is 15.2. The van der Waals surface area contributed by atoms with Crippen molar-refractivity contribution in [2.75, 3.05) is 42.1 Å². The summed E-state index contributed by atoms with van der Waals surface area (Å²) in [5.74, 6) is 0.118. The van der Waals surface area contributed by atoms with Crippen LogP contribution in [0.3, 0.4) is 0 Å². The number of nitrogens with zero attached hydrogens (tertiary/aromatic N) is 6. The Bertz CT molecular complexity index is 1730. The second-order valence-electron chi connectivity index (χ2n) is 11.1. The maximum atomic E-state index is 15.2. The van der Waals surface area contributed by atoms with Crippen molar-refractivity contribution >= 4 is 40.9 Å². The number of nitrogen functional groups attached to an aromatic ring is 1. The Labute approximate surface area is 242 Å². The molecule has 2 aliphatic carbocycles. The lowest BCUT2D eigenvalue weighted by Crippen LogP contribution is -2.51. The van der Waals surface area contributed by atoms with E-state index in [-0.39, 0.29) is 23.5 Å². The minimum absolute atomic E-state index is 0.113. The van der Waals surface area contributed by atoms with Crippen molar-refractivity contribution in [2.24, 2.45) is 5.10 Å². The molecular weight excluding hydrogens is 536 g/mol. The number of aromatic nitrogens is 3. The van der Waals surface area contributed by atoms with Gasteiger partial charge >= 0.3 is 0 Å². The summed E-state index contributed by atoms with van der Waals surface area (Å²) in [6, 6.07) is 10.4. The van der Waals surface area contributed by atoms with Crippen molar-refractivity contribution in [1.82, 2.24) is 25.1 Å². The topological polar surface area (TPSA) is 99.6 Å². The quantitative estimate of drug-likeness (QED) is 0.444. The van der Waals surface area contributed by atoms with Crippen LogP contribution in [0.5, 0.6) is 0 Å². The third kappa shape index (κ3) is 5.16. The van der Waals surface area contributed by atoms with E-state index in [1.54, 1.807) is 18.2 Å². The zero-order valence-corrected chi connectivity index (χ0v) is 23.2. The fraction of sp³-hybridized carbons (Fsp3) is 0.323. The number of benzene rings is 2. The Kier molecular flexibility index (Phi) is 6.94. The van der Waals surface area contributed by atoms with Crippen LogP contribution in [0.2, 0.25) is 0 Å². The van der Waals surface area contributed by atoms with Gasteiger partial charge in [0.2, 0.25) is 11.9 Å². The Morgan fingerprint density at radius 2 is 1.81 bits per heavy atom. The number of hydrazone groups is 1. The number of piperazine rings is 1. The second-order valence-corrected chi connectivity index (χ2v) is 11.1. The van der Waals surface area contributed by atoms with Gasteiger partial charge in [0.1, 0.15) is 11.6 Å². The number of halogens is 2. The van der Waals surface area contributed by atoms with Gasteiger partial charge in [0.05, 0.1) is 11.4 Å². The van der Waals surface area contributed by atoms with E-state index in [4.69, 9.17) is 5.73 Å². The molecule has 0 unspecified atom stereocenters. The van der Waals surface area contributed by atoms with Gasteiger partial charge in [-0.15, -0.1) is 5.10 Å². The first-order valence-corrected chi connectivity index (χ1v) is 14.5. The molecule has 3 aromatic rings. The lowest BCUT2D eigenvalue weighted by molar-refractivity contribution is 0.147. The lowest BCUT2D eigenvalue weighted by atomic mass is 9.94. The fourth-order valence-electron chi connectivity index (χ4n) is 6.31. The molecule has 3 heterocycles. The highest BCUT2D eigenvalue weighted by molar-refractivity contribution is 6.01. The molecule has 2 aromatic carbocycles. The highest BCUT2D eigenvalue weighted by Gasteiger charge is 2.26. The van der Waals surface area contributed by atoms with Crippen molar-refractivity contribution in [3.63, 3.8) is 0 Å². The average Bonchev–Trinajstić information content (AvgIpc) is 3.27. The summed E-state index contributed by atoms with van der Waals surface area (Å²) < 4.78 is 30.6. The number of hydrogen-bond acceptors (Lipinski definition) is 8. The molecule has 0 atom stereocenters. The Morgan fingerprint density at radius 1 is 0.976 bits per heavy atom. The average molecular weight is 570 g/mol. The van der Waals surface area contributed by atoms with E-state index >= 15 is 4.39 Å². The summed E-state index contributed by atoms with van der Waals surface area (Å²) in [5, 5.41) is 13.5. The van der Waals surface area contributed by atoms with Crippen molar-refractivity contribution in [2.45, 2.75) is 38.1 Å². The molecule has 1 saturated heterocycles. The lowest BCUT2D eigenvalue weighted by Gasteiger charge is -2.41. The molecule has 11 heteroatoms. The van der Waals surface area contributed by atoms with Gasteiger partial charge < -0.3 is 16.0 Å². The van der Waals surface area contributed by atoms with E-state index in [0.717, 1.165) is 37.0 Å². The van der Waals surface area contributed by atoms with Crippen LogP contribution < -0.4 is 31.8 Å². The van der Waals surface area contributed by atoms with Gasteiger partial charge in [0.15, 0.2) is 5.84 Å². The number of anilines is 4. The number of nitrogens with two attached hydrogens (primary N) is 1. The van der Waals surface area contributed by atoms with Crippen LogP contribution in [-0.2, 0) is 0 Å². The minimum atomic E-state index is -0.328. The maximum Gasteiger partial charge on any atom is 0.248 e. The molecule has 42 heavy (non-hydrogen) atoms. The number of allylic oxidation sites excluding steroid dienone is 2. The van der Waals surface area contributed by atoms with Crippen LogP contribution >= 0.6 is 0 Å². The number of hydrogen-bond donors (Lipinski definition) is 3. The number of fused-ring (bicyclic) bond motifs is 2. The van der Waals surface area contributed by atoms with E-state index in [1.165, 1.54) is 55.0 Å². The zero-order valence-electron chi connectivity index (χ0n) is 23.2. The van der Waals surface area contributed by atoms with E-state index in [0.29, 0.717) is 34.2 Å². The summed E-state index contributed by atoms with van der Waals surface area (Å²) >= 11 is 0. The molecule has 2 fully saturated rings. The second kappa shape index (κ2) is 11.1. The highest BCUT2D eigenvalue weighted by Crippen LogP contribution is 2.28. The first-order valence-electron chi connectivity index (χ1n) is 14.5. The van der Waals surface area contributed by atoms with Crippen LogP contribution in [0.4, 0.5) is 32.1 Å². The number of rotatable bonds is 4. The van der Waals surface area contributed by atoms with Gasteiger partial charge in [-0.2, -0.15) is 14.8 Å². The third-order valence-electron chi connectivity index (χ3n) is 8.49. The Morgan fingerprint density at radius 3 is 2.62 bits per heavy atom. The summed E-state index contributed by atoms with van der Waals surface area (Å²) in [4.78, 5) is 9.02. The summed E-state index contributed by atoms with van der Waals surface area (Å²) in [6.07, 6.45) is 14.1. The zero-order chi connectivity index (χ0) is 28.6. The molecule has 9 nitrogen and oxygen atoms in total. The van der Waals surface area contributed by atoms with Gasteiger partial charge in [0.25, 0.3) is 0 Å². The normalized spacial score (nSPS) is 19.2. The van der Waals surface area contributed by atoms with Gasteiger partial charge in [0, 0.05) is 48.7 Å². The smallest absolute Gasteiger partial charge is 0.248 e. The van der Waals surface area contributed by atoms with Gasteiger partial charge in [-0.25, -0.2) is 8.78 Å². The SMILES string of the molecule is Nc1nc(Nc2ccc(N3CCN(C4CCCCC4)CC3)c(F)c2)nn1C1=NNC2=c3cc(F)ccc3=CC=CC2=C1. The van der Waals surface area contributed by atoms with Gasteiger partial charge in [-0.3, -0.25) is 10.3 Å². The molecule has 2 aliphatic heterocycles. The fourth-order valence-corrected chi connectivity index (χ4v) is 6.31. The van der Waals surface area contributed by atoms with E-state index in [1.807, 2.05) is 24.3 Å².